The highest BCUT2D eigenvalue weighted by Crippen LogP contribution is 2.29. The molecule has 0 spiro atoms. The molecule has 0 aliphatic carbocycles. The molecule has 6 nitrogen and oxygen atoms in total. The van der Waals surface area contributed by atoms with Crippen LogP contribution in [0.25, 0.3) is 11.1 Å². The van der Waals surface area contributed by atoms with Crippen LogP contribution in [0.1, 0.15) is 105 Å². The molecule has 0 saturated carbocycles. The zero-order chi connectivity index (χ0) is 34.8. The average Bonchev–Trinajstić information content (AvgIpc) is 3.07. The summed E-state index contributed by atoms with van der Waals surface area (Å²) in [5.41, 5.74) is 1.30. The molecule has 262 valence electrons. The largest absolute Gasteiger partial charge is 0.494 e. The fourth-order valence-electron chi connectivity index (χ4n) is 5.02. The number of hydrogen-bond donors (Lipinski definition) is 0. The van der Waals surface area contributed by atoms with E-state index in [9.17, 15) is 27.2 Å². The number of alkyl halides is 3. The SMILES string of the molecule is CCCCCCCCCOc1ccc(-c2ccc(C(=O)Oc3ccc(C(=O)O[C@H](CCCCCOCC)C(F)(F)F)c(F)c3)cc2)cc1. The maximum atomic E-state index is 14.8. The number of carbonyl (C=O) groups is 2. The summed E-state index contributed by atoms with van der Waals surface area (Å²) in [6, 6.07) is 17.1. The van der Waals surface area contributed by atoms with Gasteiger partial charge >= 0.3 is 18.1 Å². The molecule has 3 rings (SSSR count). The molecule has 1 atom stereocenters. The Morgan fingerprint density at radius 1 is 0.688 bits per heavy atom. The summed E-state index contributed by atoms with van der Waals surface area (Å²) in [5.74, 6) is -2.82. The minimum Gasteiger partial charge on any atom is -0.494 e. The van der Waals surface area contributed by atoms with E-state index in [0.29, 0.717) is 32.7 Å². The van der Waals surface area contributed by atoms with Crippen molar-refractivity contribution in [3.8, 4) is 22.6 Å². The Hall–Kier alpha value is -3.92. The van der Waals surface area contributed by atoms with E-state index in [1.807, 2.05) is 31.2 Å². The van der Waals surface area contributed by atoms with Crippen LogP contribution in [0, 0.1) is 5.82 Å². The van der Waals surface area contributed by atoms with Crippen LogP contribution in [0.2, 0.25) is 0 Å². The van der Waals surface area contributed by atoms with Gasteiger partial charge in [-0.05, 0) is 80.1 Å². The number of ether oxygens (including phenoxy) is 4. The van der Waals surface area contributed by atoms with Crippen molar-refractivity contribution in [3.05, 3.63) is 83.7 Å². The van der Waals surface area contributed by atoms with E-state index in [-0.39, 0.29) is 17.7 Å². The van der Waals surface area contributed by atoms with Crippen molar-refractivity contribution in [3.63, 3.8) is 0 Å². The minimum atomic E-state index is -4.80. The van der Waals surface area contributed by atoms with E-state index in [0.717, 1.165) is 47.9 Å². The zero-order valence-electron chi connectivity index (χ0n) is 27.8. The van der Waals surface area contributed by atoms with Gasteiger partial charge in [0.05, 0.1) is 17.7 Å². The molecule has 3 aromatic carbocycles. The first-order valence-electron chi connectivity index (χ1n) is 16.8. The lowest BCUT2D eigenvalue weighted by atomic mass is 10.0. The quantitative estimate of drug-likeness (QED) is 0.0485. The predicted octanol–water partition coefficient (Wildman–Crippen LogP) is 10.5. The van der Waals surface area contributed by atoms with Gasteiger partial charge in [0.1, 0.15) is 17.3 Å². The van der Waals surface area contributed by atoms with Gasteiger partial charge in [0, 0.05) is 19.3 Å². The van der Waals surface area contributed by atoms with E-state index in [2.05, 4.69) is 11.7 Å². The van der Waals surface area contributed by atoms with Crippen molar-refractivity contribution in [1.29, 1.82) is 0 Å². The Bertz CT molecular complexity index is 1390. The number of esters is 2. The summed E-state index contributed by atoms with van der Waals surface area (Å²) >= 11 is 0. The number of hydrogen-bond acceptors (Lipinski definition) is 6. The van der Waals surface area contributed by atoms with Crippen molar-refractivity contribution in [1.82, 2.24) is 0 Å². The third-order valence-corrected chi connectivity index (χ3v) is 7.77. The molecule has 0 aliphatic heterocycles. The molecule has 0 heterocycles. The van der Waals surface area contributed by atoms with Crippen molar-refractivity contribution >= 4 is 11.9 Å². The smallest absolute Gasteiger partial charge is 0.425 e. The molecule has 0 aliphatic rings. The van der Waals surface area contributed by atoms with Crippen LogP contribution >= 0.6 is 0 Å². The van der Waals surface area contributed by atoms with Gasteiger partial charge in [0.2, 0.25) is 0 Å². The second-order valence-corrected chi connectivity index (χ2v) is 11.6. The van der Waals surface area contributed by atoms with Gasteiger partial charge in [-0.15, -0.1) is 0 Å². The number of halogens is 4. The molecular weight excluding hydrogens is 628 g/mol. The molecule has 3 aromatic rings. The Morgan fingerprint density at radius 3 is 1.90 bits per heavy atom. The maximum Gasteiger partial charge on any atom is 0.425 e. The van der Waals surface area contributed by atoms with Gasteiger partial charge in [-0.25, -0.2) is 14.0 Å². The second kappa shape index (κ2) is 20.4. The first-order chi connectivity index (χ1) is 23.1. The minimum absolute atomic E-state index is 0.156. The molecular formula is C38H46F4O6. The normalized spacial score (nSPS) is 12.0. The zero-order valence-corrected chi connectivity index (χ0v) is 27.8. The third-order valence-electron chi connectivity index (χ3n) is 7.77. The Balaban J connectivity index is 1.49. The molecule has 48 heavy (non-hydrogen) atoms. The van der Waals surface area contributed by atoms with Crippen molar-refractivity contribution in [2.75, 3.05) is 19.8 Å². The van der Waals surface area contributed by atoms with Crippen molar-refractivity contribution in [2.24, 2.45) is 0 Å². The van der Waals surface area contributed by atoms with Gasteiger partial charge in [0.25, 0.3) is 0 Å². The van der Waals surface area contributed by atoms with Crippen LogP contribution in [-0.2, 0) is 9.47 Å². The lowest BCUT2D eigenvalue weighted by Gasteiger charge is -2.21. The second-order valence-electron chi connectivity index (χ2n) is 11.6. The highest BCUT2D eigenvalue weighted by molar-refractivity contribution is 5.92. The topological polar surface area (TPSA) is 71.1 Å². The van der Waals surface area contributed by atoms with E-state index in [4.69, 9.17) is 14.2 Å². The first kappa shape index (κ1) is 38.5. The highest BCUT2D eigenvalue weighted by atomic mass is 19.4. The third kappa shape index (κ3) is 13.3. The summed E-state index contributed by atoms with van der Waals surface area (Å²) in [6.45, 7) is 5.66. The molecule has 0 fully saturated rings. The Kier molecular flexibility index (Phi) is 16.4. The number of rotatable bonds is 21. The molecule has 0 radical (unpaired) electrons. The fourth-order valence-corrected chi connectivity index (χ4v) is 5.02. The molecule has 0 N–H and O–H groups in total. The summed E-state index contributed by atoms with van der Waals surface area (Å²) < 4.78 is 76.1. The Morgan fingerprint density at radius 2 is 1.27 bits per heavy atom. The van der Waals surface area contributed by atoms with Crippen LogP contribution in [0.3, 0.4) is 0 Å². The van der Waals surface area contributed by atoms with E-state index < -0.39 is 42.0 Å². The van der Waals surface area contributed by atoms with Crippen LogP contribution in [0.5, 0.6) is 11.5 Å². The van der Waals surface area contributed by atoms with Crippen LogP contribution in [0.4, 0.5) is 17.6 Å². The standard InChI is InChI=1S/C38H46F4O6/c1-3-5-6-7-8-9-13-26-46-31-21-19-29(20-22-31)28-15-17-30(18-16-28)36(43)47-32-23-24-33(34(39)27-32)37(44)48-35(38(40,41)42)14-11-10-12-25-45-4-2/h15-24,27,35H,3-14,25-26H2,1-2H3/t35-/m1/s1. The maximum absolute atomic E-state index is 14.8. The molecule has 0 unspecified atom stereocenters. The first-order valence-corrected chi connectivity index (χ1v) is 16.8. The lowest BCUT2D eigenvalue weighted by Crippen LogP contribution is -2.34. The summed E-state index contributed by atoms with van der Waals surface area (Å²) in [4.78, 5) is 25.1. The average molecular weight is 675 g/mol. The van der Waals surface area contributed by atoms with E-state index in [1.54, 1.807) is 24.3 Å². The molecule has 10 heteroatoms. The number of unbranched alkanes of at least 4 members (excludes halogenated alkanes) is 8. The monoisotopic (exact) mass is 674 g/mol. The van der Waals surface area contributed by atoms with E-state index in [1.165, 1.54) is 32.1 Å². The molecule has 0 bridgehead atoms. The molecule has 0 saturated heterocycles. The van der Waals surface area contributed by atoms with Gasteiger partial charge in [-0.1, -0.05) is 76.1 Å². The van der Waals surface area contributed by atoms with Crippen molar-refractivity contribution in [2.45, 2.75) is 96.8 Å². The van der Waals surface area contributed by atoms with E-state index >= 15 is 0 Å². The van der Waals surface area contributed by atoms with Crippen LogP contribution in [0.15, 0.2) is 66.7 Å². The Labute approximate surface area is 280 Å². The summed E-state index contributed by atoms with van der Waals surface area (Å²) in [5, 5.41) is 0. The van der Waals surface area contributed by atoms with Gasteiger partial charge < -0.3 is 18.9 Å². The lowest BCUT2D eigenvalue weighted by molar-refractivity contribution is -0.206. The predicted molar refractivity (Wildman–Crippen MR) is 177 cm³/mol. The summed E-state index contributed by atoms with van der Waals surface area (Å²) in [7, 11) is 0. The fraction of sp³-hybridized carbons (Fsp3) is 0.474. The summed E-state index contributed by atoms with van der Waals surface area (Å²) in [6.07, 6.45) is 2.10. The molecule has 0 amide bonds. The van der Waals surface area contributed by atoms with Crippen molar-refractivity contribution < 1.29 is 46.1 Å². The van der Waals surface area contributed by atoms with Gasteiger partial charge in [0.15, 0.2) is 6.10 Å². The molecule has 0 aromatic heterocycles. The number of carbonyl (C=O) groups excluding carboxylic acids is 2. The number of benzene rings is 3. The van der Waals surface area contributed by atoms with Gasteiger partial charge in [-0.2, -0.15) is 13.2 Å². The van der Waals surface area contributed by atoms with Crippen LogP contribution in [-0.4, -0.2) is 44.0 Å². The van der Waals surface area contributed by atoms with Gasteiger partial charge in [-0.3, -0.25) is 0 Å². The van der Waals surface area contributed by atoms with Crippen LogP contribution < -0.4 is 9.47 Å². The highest BCUT2D eigenvalue weighted by Gasteiger charge is 2.42.